The van der Waals surface area contributed by atoms with E-state index < -0.39 is 27.9 Å². The monoisotopic (exact) mass is 536 g/mol. The molecule has 0 aromatic heterocycles. The van der Waals surface area contributed by atoms with E-state index >= 15 is 0 Å². The summed E-state index contributed by atoms with van der Waals surface area (Å²) in [7, 11) is -2.60. The molecule has 1 heterocycles. The second kappa shape index (κ2) is 10.1. The summed E-state index contributed by atoms with van der Waals surface area (Å²) in [5, 5.41) is 1.22. The Hall–Kier alpha value is -2.65. The number of methoxy groups -OCH3 is 1. The number of nitrogens with zero attached hydrogens (tertiary/aromatic N) is 2. The van der Waals surface area contributed by atoms with Crippen molar-refractivity contribution in [2.45, 2.75) is 12.1 Å². The van der Waals surface area contributed by atoms with Crippen LogP contribution in [0.1, 0.15) is 27.5 Å². The third kappa shape index (κ3) is 5.62. The number of halogens is 3. The first-order chi connectivity index (χ1) is 16.6. The number of hydrogen-bond acceptors (Lipinski definition) is 5. The van der Waals surface area contributed by atoms with Gasteiger partial charge in [0.15, 0.2) is 0 Å². The van der Waals surface area contributed by atoms with Crippen LogP contribution in [0.25, 0.3) is 0 Å². The van der Waals surface area contributed by atoms with Gasteiger partial charge >= 0.3 is 5.97 Å². The summed E-state index contributed by atoms with van der Waals surface area (Å²) in [4.78, 5) is 14.1. The normalized spacial score (nSPS) is 14.6. The highest BCUT2D eigenvalue weighted by atomic mass is 35.5. The maximum absolute atomic E-state index is 14.3. The topological polar surface area (TPSA) is 66.9 Å². The highest BCUT2D eigenvalue weighted by Gasteiger charge is 2.41. The van der Waals surface area contributed by atoms with E-state index in [0.29, 0.717) is 23.1 Å². The van der Waals surface area contributed by atoms with Crippen molar-refractivity contribution >= 4 is 44.9 Å². The van der Waals surface area contributed by atoms with Crippen LogP contribution in [0.15, 0.2) is 66.7 Å². The number of anilines is 1. The molecule has 1 fully saturated rings. The van der Waals surface area contributed by atoms with Crippen molar-refractivity contribution < 1.29 is 22.3 Å². The summed E-state index contributed by atoms with van der Waals surface area (Å²) in [5.74, 6) is -1.48. The highest BCUT2D eigenvalue weighted by Crippen LogP contribution is 2.37. The zero-order valence-electron chi connectivity index (χ0n) is 19.0. The van der Waals surface area contributed by atoms with Crippen molar-refractivity contribution in [1.82, 2.24) is 4.90 Å². The number of carbonyl (C=O) groups excluding carboxylic acids is 1. The van der Waals surface area contributed by atoms with Gasteiger partial charge in [0.1, 0.15) is 5.82 Å². The zero-order valence-corrected chi connectivity index (χ0v) is 21.3. The molecular weight excluding hydrogens is 514 g/mol. The lowest BCUT2D eigenvalue weighted by molar-refractivity contribution is 0.0600. The number of sulfonamides is 1. The van der Waals surface area contributed by atoms with Gasteiger partial charge in [-0.05, 0) is 53.6 Å². The quantitative estimate of drug-likeness (QED) is 0.390. The molecule has 0 spiro atoms. The van der Waals surface area contributed by atoms with Crippen molar-refractivity contribution in [1.29, 1.82) is 0 Å². The SMILES string of the molecule is COC(=O)c1cc(F)cc(N(C2CN(C(c3ccc(Cl)cc3)c3ccc(Cl)cc3)C2)S(C)(=O)=O)c1. The summed E-state index contributed by atoms with van der Waals surface area (Å²) in [6.07, 6.45) is 1.06. The summed E-state index contributed by atoms with van der Waals surface area (Å²) >= 11 is 12.2. The third-order valence-corrected chi connectivity index (χ3v) is 7.60. The van der Waals surface area contributed by atoms with E-state index in [-0.39, 0.29) is 17.3 Å². The molecule has 10 heteroatoms. The second-order valence-corrected chi connectivity index (χ2v) is 11.1. The molecule has 0 bridgehead atoms. The predicted octanol–water partition coefficient (Wildman–Crippen LogP) is 5.16. The zero-order chi connectivity index (χ0) is 25.3. The van der Waals surface area contributed by atoms with E-state index in [4.69, 9.17) is 23.2 Å². The molecular formula is C25H23Cl2FN2O4S. The van der Waals surface area contributed by atoms with Gasteiger partial charge in [-0.25, -0.2) is 17.6 Å². The molecule has 1 saturated heterocycles. The Balaban J connectivity index is 1.66. The summed E-state index contributed by atoms with van der Waals surface area (Å²) < 4.78 is 45.7. The first-order valence-corrected chi connectivity index (χ1v) is 13.3. The number of rotatable bonds is 7. The van der Waals surface area contributed by atoms with Gasteiger partial charge in [-0.1, -0.05) is 47.5 Å². The molecule has 0 atom stereocenters. The van der Waals surface area contributed by atoms with Gasteiger partial charge in [0.05, 0.1) is 36.7 Å². The first-order valence-electron chi connectivity index (χ1n) is 10.7. The van der Waals surface area contributed by atoms with E-state index in [9.17, 15) is 17.6 Å². The number of benzene rings is 3. The Bertz CT molecular complexity index is 1280. The maximum atomic E-state index is 14.3. The Morgan fingerprint density at radius 3 is 1.97 bits per heavy atom. The van der Waals surface area contributed by atoms with Crippen LogP contribution in [0.2, 0.25) is 10.0 Å². The second-order valence-electron chi connectivity index (χ2n) is 8.36. The van der Waals surface area contributed by atoms with Crippen LogP contribution >= 0.6 is 23.2 Å². The lowest BCUT2D eigenvalue weighted by atomic mass is 9.93. The molecule has 35 heavy (non-hydrogen) atoms. The Kier molecular flexibility index (Phi) is 7.38. The molecule has 3 aromatic rings. The van der Waals surface area contributed by atoms with E-state index in [1.807, 2.05) is 24.3 Å². The van der Waals surface area contributed by atoms with Gasteiger partial charge in [-0.15, -0.1) is 0 Å². The average molecular weight is 537 g/mol. The minimum absolute atomic E-state index is 0.0625. The molecule has 0 radical (unpaired) electrons. The number of esters is 1. The van der Waals surface area contributed by atoms with E-state index in [1.54, 1.807) is 24.3 Å². The summed E-state index contributed by atoms with van der Waals surface area (Å²) in [6.45, 7) is 0.764. The van der Waals surface area contributed by atoms with Crippen molar-refractivity contribution in [3.63, 3.8) is 0 Å². The van der Waals surface area contributed by atoms with Gasteiger partial charge in [-0.3, -0.25) is 9.21 Å². The number of ether oxygens (including phenoxy) is 1. The van der Waals surface area contributed by atoms with Crippen molar-refractivity contribution in [3.05, 3.63) is 99.3 Å². The Morgan fingerprint density at radius 1 is 1.00 bits per heavy atom. The Morgan fingerprint density at radius 2 is 1.51 bits per heavy atom. The van der Waals surface area contributed by atoms with Gasteiger partial charge in [0, 0.05) is 23.1 Å². The molecule has 6 nitrogen and oxygen atoms in total. The maximum Gasteiger partial charge on any atom is 0.338 e. The van der Waals surface area contributed by atoms with Crippen molar-refractivity contribution in [2.75, 3.05) is 30.8 Å². The molecule has 0 N–H and O–H groups in total. The smallest absolute Gasteiger partial charge is 0.338 e. The van der Waals surface area contributed by atoms with Gasteiger partial charge in [-0.2, -0.15) is 0 Å². The molecule has 0 aliphatic carbocycles. The number of carbonyl (C=O) groups is 1. The molecule has 4 rings (SSSR count). The number of likely N-dealkylation sites (tertiary alicyclic amines) is 1. The fraction of sp³-hybridized carbons (Fsp3) is 0.240. The van der Waals surface area contributed by atoms with E-state index in [2.05, 4.69) is 9.64 Å². The van der Waals surface area contributed by atoms with Gasteiger partial charge in [0.25, 0.3) is 0 Å². The fourth-order valence-electron chi connectivity index (χ4n) is 4.36. The van der Waals surface area contributed by atoms with Crippen LogP contribution < -0.4 is 4.31 Å². The summed E-state index contributed by atoms with van der Waals surface area (Å²) in [5.41, 5.74) is 1.99. The molecule has 1 aliphatic rings. The molecule has 0 amide bonds. The minimum Gasteiger partial charge on any atom is -0.465 e. The van der Waals surface area contributed by atoms with Crippen molar-refractivity contribution in [2.24, 2.45) is 0 Å². The third-order valence-electron chi connectivity index (χ3n) is 5.87. The highest BCUT2D eigenvalue weighted by molar-refractivity contribution is 7.92. The van der Waals surface area contributed by atoms with Crippen LogP contribution in [0.3, 0.4) is 0 Å². The van der Waals surface area contributed by atoms with Crippen LogP contribution in [-0.4, -0.2) is 51.8 Å². The van der Waals surface area contributed by atoms with Crippen molar-refractivity contribution in [3.8, 4) is 0 Å². The standard InChI is InChI=1S/C25H23Cl2FN2O4S/c1-34-25(31)18-11-21(28)13-22(12-18)30(35(2,32)33)23-14-29(15-23)24(16-3-7-19(26)8-4-16)17-5-9-20(27)10-6-17/h3-13,23-24H,14-15H2,1-2H3. The summed E-state index contributed by atoms with van der Waals surface area (Å²) in [6, 6.07) is 17.8. The lowest BCUT2D eigenvalue weighted by Gasteiger charge is -2.48. The van der Waals surface area contributed by atoms with Crippen LogP contribution in [0.5, 0.6) is 0 Å². The predicted molar refractivity (Wildman–Crippen MR) is 135 cm³/mol. The fourth-order valence-corrected chi connectivity index (χ4v) is 5.78. The first kappa shape index (κ1) is 25.4. The van der Waals surface area contributed by atoms with Crippen LogP contribution in [0.4, 0.5) is 10.1 Å². The Labute approximate surface area is 213 Å². The van der Waals surface area contributed by atoms with E-state index in [0.717, 1.165) is 29.5 Å². The molecule has 1 aliphatic heterocycles. The largest absolute Gasteiger partial charge is 0.465 e. The number of hydrogen-bond donors (Lipinski definition) is 0. The van der Waals surface area contributed by atoms with E-state index in [1.165, 1.54) is 17.5 Å². The molecule has 0 unspecified atom stereocenters. The van der Waals surface area contributed by atoms with Crippen LogP contribution in [-0.2, 0) is 14.8 Å². The molecule has 0 saturated carbocycles. The van der Waals surface area contributed by atoms with Crippen LogP contribution in [0, 0.1) is 5.82 Å². The van der Waals surface area contributed by atoms with Gasteiger partial charge in [0.2, 0.25) is 10.0 Å². The molecule has 184 valence electrons. The molecule has 3 aromatic carbocycles. The van der Waals surface area contributed by atoms with Gasteiger partial charge < -0.3 is 4.74 Å². The average Bonchev–Trinajstić information content (AvgIpc) is 2.78. The lowest BCUT2D eigenvalue weighted by Crippen LogP contribution is -2.61. The minimum atomic E-state index is -3.78.